The van der Waals surface area contributed by atoms with Crippen LogP contribution in [-0.4, -0.2) is 41.3 Å². The van der Waals surface area contributed by atoms with E-state index >= 15 is 0 Å². The van der Waals surface area contributed by atoms with Crippen LogP contribution in [0.15, 0.2) is 63.0 Å². The minimum atomic E-state index is -3.68. The molecule has 0 saturated heterocycles. The summed E-state index contributed by atoms with van der Waals surface area (Å²) in [6.07, 6.45) is 4.85. The van der Waals surface area contributed by atoms with Gasteiger partial charge >= 0.3 is 5.69 Å². The lowest BCUT2D eigenvalue weighted by atomic mass is 9.96. The monoisotopic (exact) mass is 484 g/mol. The Morgan fingerprint density at radius 2 is 1.82 bits per heavy atom. The van der Waals surface area contributed by atoms with Crippen LogP contribution in [0.2, 0.25) is 0 Å². The number of nitrogens with one attached hydrogen (secondary N) is 2. The van der Waals surface area contributed by atoms with Gasteiger partial charge in [-0.3, -0.25) is 19.1 Å². The lowest BCUT2D eigenvalue weighted by Gasteiger charge is -2.30. The molecule has 1 fully saturated rings. The summed E-state index contributed by atoms with van der Waals surface area (Å²) >= 11 is 0. The minimum Gasteiger partial charge on any atom is -0.326 e. The maximum atomic E-state index is 13.1. The highest BCUT2D eigenvalue weighted by Gasteiger charge is 2.29. The molecule has 1 aliphatic carbocycles. The summed E-state index contributed by atoms with van der Waals surface area (Å²) in [6.45, 7) is 0.0599. The summed E-state index contributed by atoms with van der Waals surface area (Å²) in [6, 6.07) is 12.9. The van der Waals surface area contributed by atoms with Gasteiger partial charge in [0.15, 0.2) is 0 Å². The number of hydrogen-bond donors (Lipinski definition) is 2. The highest BCUT2D eigenvalue weighted by molar-refractivity contribution is 7.89. The topological polar surface area (TPSA) is 121 Å². The second kappa shape index (κ2) is 9.94. The molecule has 0 bridgehead atoms. The third-order valence-corrected chi connectivity index (χ3v) is 8.26. The second-order valence-corrected chi connectivity index (χ2v) is 10.6. The first kappa shape index (κ1) is 23.9. The third kappa shape index (κ3) is 4.97. The van der Waals surface area contributed by atoms with Crippen LogP contribution in [0.4, 0.5) is 5.69 Å². The number of anilines is 1. The van der Waals surface area contributed by atoms with Crippen molar-refractivity contribution in [1.29, 1.82) is 0 Å². The van der Waals surface area contributed by atoms with E-state index in [-0.39, 0.29) is 29.8 Å². The number of benzene rings is 2. The van der Waals surface area contributed by atoms with Crippen molar-refractivity contribution in [3.8, 4) is 0 Å². The van der Waals surface area contributed by atoms with Crippen LogP contribution in [0.3, 0.4) is 0 Å². The molecule has 1 saturated carbocycles. The molecule has 1 heterocycles. The first-order chi connectivity index (χ1) is 16.3. The third-order valence-electron chi connectivity index (χ3n) is 6.35. The number of nitrogens with zero attached hydrogens (tertiary/aromatic N) is 2. The number of aryl methyl sites for hydroxylation is 1. The van der Waals surface area contributed by atoms with Gasteiger partial charge < -0.3 is 5.32 Å². The van der Waals surface area contributed by atoms with Crippen molar-refractivity contribution in [3.05, 3.63) is 69.4 Å². The molecule has 0 atom stereocenters. The van der Waals surface area contributed by atoms with E-state index in [9.17, 15) is 22.8 Å². The lowest BCUT2D eigenvalue weighted by molar-refractivity contribution is -0.116. The highest BCUT2D eigenvalue weighted by Crippen LogP contribution is 2.27. The fraction of sp³-hybridized carbons (Fsp3) is 0.375. The van der Waals surface area contributed by atoms with E-state index in [1.165, 1.54) is 21.0 Å². The van der Waals surface area contributed by atoms with Crippen LogP contribution < -0.4 is 16.6 Å². The number of H-pyrrole nitrogens is 1. The fourth-order valence-corrected chi connectivity index (χ4v) is 5.90. The number of amides is 1. The molecule has 180 valence electrons. The number of sulfonamides is 1. The summed E-state index contributed by atoms with van der Waals surface area (Å²) in [5, 5.41) is 3.08. The normalized spacial score (nSPS) is 15.0. The molecular weight excluding hydrogens is 456 g/mol. The average molecular weight is 485 g/mol. The number of rotatable bonds is 7. The summed E-state index contributed by atoms with van der Waals surface area (Å²) in [5.74, 6) is -0.377. The number of aromatic amines is 1. The van der Waals surface area contributed by atoms with Crippen LogP contribution in [0, 0.1) is 0 Å². The largest absolute Gasteiger partial charge is 0.328 e. The van der Waals surface area contributed by atoms with Crippen LogP contribution in [0.5, 0.6) is 0 Å². The van der Waals surface area contributed by atoms with Crippen molar-refractivity contribution in [1.82, 2.24) is 13.9 Å². The Labute approximate surface area is 197 Å². The SMILES string of the molecule is CN(C1CCCCC1)S(=O)(=O)c1cccc(NC(=O)CCn2c(=O)[nH]c(=O)c3ccccc32)c1. The number of carbonyl (C=O) groups excluding carboxylic acids is 1. The molecule has 2 N–H and O–H groups in total. The van der Waals surface area contributed by atoms with E-state index in [4.69, 9.17) is 0 Å². The van der Waals surface area contributed by atoms with Crippen LogP contribution >= 0.6 is 0 Å². The zero-order valence-corrected chi connectivity index (χ0v) is 19.8. The standard InChI is InChI=1S/C24H28N4O5S/c1-27(18-9-3-2-4-10-18)34(32,33)19-11-7-8-17(16-19)25-22(29)14-15-28-21-13-6-5-12-20(21)23(30)26-24(28)31/h5-8,11-13,16,18H,2-4,9-10,14-15H2,1H3,(H,25,29)(H,26,30,31). The van der Waals surface area contributed by atoms with E-state index in [0.29, 0.717) is 16.6 Å². The summed E-state index contributed by atoms with van der Waals surface area (Å²) in [5.41, 5.74) is -0.252. The van der Waals surface area contributed by atoms with Crippen molar-refractivity contribution in [3.63, 3.8) is 0 Å². The van der Waals surface area contributed by atoms with E-state index in [1.807, 2.05) is 0 Å². The molecule has 3 aromatic rings. The Bertz CT molecular complexity index is 1420. The summed E-state index contributed by atoms with van der Waals surface area (Å²) < 4.78 is 29.0. The lowest BCUT2D eigenvalue weighted by Crippen LogP contribution is -2.38. The molecule has 9 nitrogen and oxygen atoms in total. The van der Waals surface area contributed by atoms with Gasteiger partial charge in [-0.1, -0.05) is 37.5 Å². The Hall–Kier alpha value is -3.24. The maximum Gasteiger partial charge on any atom is 0.328 e. The van der Waals surface area contributed by atoms with Gasteiger partial charge in [0.1, 0.15) is 0 Å². The van der Waals surface area contributed by atoms with Gasteiger partial charge in [-0.25, -0.2) is 13.2 Å². The van der Waals surface area contributed by atoms with E-state index in [2.05, 4.69) is 10.3 Å². The molecule has 0 aliphatic heterocycles. The van der Waals surface area contributed by atoms with Gasteiger partial charge in [0, 0.05) is 31.7 Å². The van der Waals surface area contributed by atoms with Crippen LogP contribution in [-0.2, 0) is 21.4 Å². The fourth-order valence-electron chi connectivity index (χ4n) is 4.44. The molecule has 1 aliphatic rings. The zero-order chi connectivity index (χ0) is 24.3. The van der Waals surface area contributed by atoms with Crippen LogP contribution in [0.1, 0.15) is 38.5 Å². The molecule has 0 unspecified atom stereocenters. The van der Waals surface area contributed by atoms with Crippen molar-refractivity contribution in [2.45, 2.75) is 56.0 Å². The Balaban J connectivity index is 1.47. The molecular formula is C24H28N4O5S. The Morgan fingerprint density at radius 3 is 2.59 bits per heavy atom. The second-order valence-electron chi connectivity index (χ2n) is 8.57. The van der Waals surface area contributed by atoms with Gasteiger partial charge in [0.25, 0.3) is 5.56 Å². The number of hydrogen-bond acceptors (Lipinski definition) is 5. The molecule has 10 heteroatoms. The van der Waals surface area contributed by atoms with Gasteiger partial charge in [0.05, 0.1) is 15.8 Å². The average Bonchev–Trinajstić information content (AvgIpc) is 2.84. The Kier molecular flexibility index (Phi) is 6.99. The molecule has 4 rings (SSSR count). The highest BCUT2D eigenvalue weighted by atomic mass is 32.2. The maximum absolute atomic E-state index is 13.1. The molecule has 0 radical (unpaired) electrons. The first-order valence-corrected chi connectivity index (χ1v) is 12.8. The van der Waals surface area contributed by atoms with Gasteiger partial charge in [-0.15, -0.1) is 0 Å². The number of aromatic nitrogens is 2. The number of para-hydroxylation sites is 1. The summed E-state index contributed by atoms with van der Waals surface area (Å²) in [7, 11) is -2.07. The van der Waals surface area contributed by atoms with Crippen LogP contribution in [0.25, 0.3) is 10.9 Å². The van der Waals surface area contributed by atoms with E-state index in [0.717, 1.165) is 32.1 Å². The smallest absolute Gasteiger partial charge is 0.326 e. The number of fused-ring (bicyclic) bond motifs is 1. The Morgan fingerprint density at radius 1 is 1.09 bits per heavy atom. The quantitative estimate of drug-likeness (QED) is 0.534. The van der Waals surface area contributed by atoms with Gasteiger partial charge in [0.2, 0.25) is 15.9 Å². The van der Waals surface area contributed by atoms with E-state index in [1.54, 1.807) is 43.4 Å². The molecule has 2 aromatic carbocycles. The van der Waals surface area contributed by atoms with E-state index < -0.39 is 21.3 Å². The molecule has 0 spiro atoms. The van der Waals surface area contributed by atoms with Crippen molar-refractivity contribution in [2.75, 3.05) is 12.4 Å². The van der Waals surface area contributed by atoms with Crippen molar-refractivity contribution < 1.29 is 13.2 Å². The van der Waals surface area contributed by atoms with Crippen molar-refractivity contribution >= 4 is 32.5 Å². The zero-order valence-electron chi connectivity index (χ0n) is 19.0. The number of carbonyl (C=O) groups is 1. The first-order valence-electron chi connectivity index (χ1n) is 11.4. The van der Waals surface area contributed by atoms with Gasteiger partial charge in [-0.2, -0.15) is 4.31 Å². The van der Waals surface area contributed by atoms with Crippen molar-refractivity contribution in [2.24, 2.45) is 0 Å². The minimum absolute atomic E-state index is 0.0116. The predicted molar refractivity (Wildman–Crippen MR) is 130 cm³/mol. The molecule has 1 aromatic heterocycles. The predicted octanol–water partition coefficient (Wildman–Crippen LogP) is 2.67. The van der Waals surface area contributed by atoms with Gasteiger partial charge in [-0.05, 0) is 43.2 Å². The summed E-state index contributed by atoms with van der Waals surface area (Å²) in [4.78, 5) is 39.2. The molecule has 1 amide bonds. The molecule has 34 heavy (non-hydrogen) atoms.